The Morgan fingerprint density at radius 2 is 2.04 bits per heavy atom. The molecule has 1 unspecified atom stereocenters. The molecule has 1 atom stereocenters. The predicted octanol–water partition coefficient (Wildman–Crippen LogP) is 4.68. The van der Waals surface area contributed by atoms with Gasteiger partial charge in [0.1, 0.15) is 11.6 Å². The molecule has 124 valence electrons. The minimum atomic E-state index is -0.426. The summed E-state index contributed by atoms with van der Waals surface area (Å²) in [7, 11) is 1.66. The molecule has 0 radical (unpaired) electrons. The number of hydrogen-bond acceptors (Lipinski definition) is 2. The monoisotopic (exact) mass is 324 g/mol. The average Bonchev–Trinajstić information content (AvgIpc) is 3.40. The Balaban J connectivity index is 1.63. The van der Waals surface area contributed by atoms with Gasteiger partial charge in [0.15, 0.2) is 0 Å². The smallest absolute Gasteiger partial charge is 0.123 e. The minimum absolute atomic E-state index is 0.0881. The molecule has 2 aromatic carbocycles. The number of ether oxygens (including phenoxy) is 1. The fraction of sp³-hybridized carbons (Fsp3) is 0.333. The van der Waals surface area contributed by atoms with Crippen molar-refractivity contribution in [3.05, 3.63) is 71.3 Å². The summed E-state index contributed by atoms with van der Waals surface area (Å²) in [6, 6.07) is 13.6. The van der Waals surface area contributed by atoms with Gasteiger partial charge in [-0.1, -0.05) is 30.8 Å². The van der Waals surface area contributed by atoms with Crippen molar-refractivity contribution in [3.8, 4) is 5.75 Å². The van der Waals surface area contributed by atoms with E-state index in [1.807, 2.05) is 24.3 Å². The lowest BCUT2D eigenvalue weighted by atomic mass is 9.85. The first-order valence-electron chi connectivity index (χ1n) is 8.89. The van der Waals surface area contributed by atoms with Crippen LogP contribution in [0.25, 0.3) is 5.83 Å². The zero-order valence-electron chi connectivity index (χ0n) is 14.9. The lowest BCUT2D eigenvalue weighted by molar-refractivity contribution is 0.213. The standard InChI is InChI=1S/C21H22FNO/c1-15(22)17-5-6-18-13-23(14-21(9-10-21)20(18)11-17)12-16-3-7-19(24-2)8-4-16/h3-8,11H,1,9-10,12-14H2,2H3/i13D. The summed E-state index contributed by atoms with van der Waals surface area (Å²) in [5.41, 5.74) is 3.95. The summed E-state index contributed by atoms with van der Waals surface area (Å²) in [6.45, 7) is 4.57. The topological polar surface area (TPSA) is 12.5 Å². The predicted molar refractivity (Wildman–Crippen MR) is 94.6 cm³/mol. The van der Waals surface area contributed by atoms with Gasteiger partial charge < -0.3 is 4.74 Å². The van der Waals surface area contributed by atoms with Crippen LogP contribution in [0.1, 0.15) is 36.5 Å². The van der Waals surface area contributed by atoms with Crippen LogP contribution in [-0.2, 0) is 18.5 Å². The van der Waals surface area contributed by atoms with Gasteiger partial charge in [-0.15, -0.1) is 0 Å². The van der Waals surface area contributed by atoms with Crippen LogP contribution in [0.15, 0.2) is 49.0 Å². The first kappa shape index (κ1) is 14.2. The number of methoxy groups -OCH3 is 1. The molecule has 3 heteroatoms. The Hall–Kier alpha value is -2.13. The molecular formula is C21H22FNO. The van der Waals surface area contributed by atoms with Gasteiger partial charge in [-0.25, -0.2) is 4.39 Å². The molecule has 1 fully saturated rings. The molecular weight excluding hydrogens is 301 g/mol. The number of nitrogens with zero attached hydrogens (tertiary/aromatic N) is 1. The van der Waals surface area contributed by atoms with Gasteiger partial charge in [0.2, 0.25) is 0 Å². The maximum atomic E-state index is 13.5. The van der Waals surface area contributed by atoms with Crippen molar-refractivity contribution in [3.63, 3.8) is 0 Å². The van der Waals surface area contributed by atoms with Crippen molar-refractivity contribution in [1.29, 1.82) is 0 Å². The summed E-state index contributed by atoms with van der Waals surface area (Å²) < 4.78 is 27.5. The van der Waals surface area contributed by atoms with E-state index in [0.29, 0.717) is 5.56 Å². The third-order valence-corrected chi connectivity index (χ3v) is 5.16. The van der Waals surface area contributed by atoms with Crippen LogP contribution in [0.2, 0.25) is 0 Å². The van der Waals surface area contributed by atoms with E-state index < -0.39 is 12.3 Å². The number of fused-ring (bicyclic) bond motifs is 2. The van der Waals surface area contributed by atoms with Crippen molar-refractivity contribution in [2.45, 2.75) is 31.3 Å². The van der Waals surface area contributed by atoms with E-state index in [2.05, 4.69) is 23.6 Å². The highest BCUT2D eigenvalue weighted by molar-refractivity contribution is 5.60. The van der Waals surface area contributed by atoms with Gasteiger partial charge in [0.05, 0.1) is 7.11 Å². The molecule has 0 saturated heterocycles. The second kappa shape index (κ2) is 5.75. The molecule has 1 saturated carbocycles. The van der Waals surface area contributed by atoms with Crippen molar-refractivity contribution in [1.82, 2.24) is 4.90 Å². The molecule has 0 aromatic heterocycles. The van der Waals surface area contributed by atoms with Crippen molar-refractivity contribution in [2.75, 3.05) is 13.7 Å². The van der Waals surface area contributed by atoms with Crippen LogP contribution >= 0.6 is 0 Å². The molecule has 2 aromatic rings. The van der Waals surface area contributed by atoms with E-state index in [9.17, 15) is 4.39 Å². The zero-order valence-corrected chi connectivity index (χ0v) is 13.9. The van der Waals surface area contributed by atoms with Crippen LogP contribution in [0.5, 0.6) is 5.75 Å². The molecule has 1 spiro atoms. The quantitative estimate of drug-likeness (QED) is 0.809. The van der Waals surface area contributed by atoms with E-state index in [4.69, 9.17) is 6.11 Å². The SMILES string of the molecule is [2H]C1c2ccc(C(=C)F)cc2C2(CC2)CN1Cc1ccc(OC)cc1. The van der Waals surface area contributed by atoms with Crippen molar-refractivity contribution in [2.24, 2.45) is 0 Å². The van der Waals surface area contributed by atoms with Gasteiger partial charge in [-0.05, 0) is 47.7 Å². The molecule has 1 heterocycles. The third kappa shape index (κ3) is 2.73. The maximum Gasteiger partial charge on any atom is 0.123 e. The highest BCUT2D eigenvalue weighted by Crippen LogP contribution is 2.53. The van der Waals surface area contributed by atoms with Crippen LogP contribution < -0.4 is 4.74 Å². The molecule has 2 nitrogen and oxygen atoms in total. The Labute approximate surface area is 144 Å². The molecule has 4 rings (SSSR count). The fourth-order valence-electron chi connectivity index (χ4n) is 3.66. The summed E-state index contributed by atoms with van der Waals surface area (Å²) in [5.74, 6) is 0.439. The van der Waals surface area contributed by atoms with Crippen LogP contribution in [-0.4, -0.2) is 18.6 Å². The number of rotatable bonds is 4. The van der Waals surface area contributed by atoms with Crippen LogP contribution in [0.4, 0.5) is 4.39 Å². The normalized spacial score (nSPS) is 21.9. The molecule has 2 aliphatic rings. The highest BCUT2D eigenvalue weighted by Gasteiger charge is 2.49. The van der Waals surface area contributed by atoms with E-state index in [0.717, 1.165) is 42.8 Å². The Bertz CT molecular complexity index is 813. The van der Waals surface area contributed by atoms with Gasteiger partial charge >= 0.3 is 0 Å². The maximum absolute atomic E-state index is 13.5. The minimum Gasteiger partial charge on any atom is -0.497 e. The van der Waals surface area contributed by atoms with Crippen LogP contribution in [0.3, 0.4) is 0 Å². The molecule has 0 bridgehead atoms. The Kier molecular flexibility index (Phi) is 3.41. The van der Waals surface area contributed by atoms with Gasteiger partial charge in [-0.2, -0.15) is 0 Å². The van der Waals surface area contributed by atoms with E-state index in [-0.39, 0.29) is 5.41 Å². The van der Waals surface area contributed by atoms with E-state index >= 15 is 0 Å². The molecule has 0 amide bonds. The lowest BCUT2D eigenvalue weighted by Crippen LogP contribution is -2.37. The second-order valence-corrected chi connectivity index (χ2v) is 6.87. The van der Waals surface area contributed by atoms with Gasteiger partial charge in [0.25, 0.3) is 0 Å². The van der Waals surface area contributed by atoms with Crippen LogP contribution in [0, 0.1) is 0 Å². The summed E-state index contributed by atoms with van der Waals surface area (Å²) in [5, 5.41) is 0. The van der Waals surface area contributed by atoms with Crippen molar-refractivity contribution >= 4 is 5.83 Å². The molecule has 1 aliphatic heterocycles. The first-order chi connectivity index (χ1) is 12.0. The molecule has 1 aliphatic carbocycles. The third-order valence-electron chi connectivity index (χ3n) is 5.16. The summed E-state index contributed by atoms with van der Waals surface area (Å²) >= 11 is 0. The molecule has 24 heavy (non-hydrogen) atoms. The number of benzene rings is 2. The van der Waals surface area contributed by atoms with Gasteiger partial charge in [-0.3, -0.25) is 4.90 Å². The van der Waals surface area contributed by atoms with Gasteiger partial charge in [0, 0.05) is 32.0 Å². The van der Waals surface area contributed by atoms with E-state index in [1.165, 1.54) is 5.56 Å². The number of hydrogen-bond donors (Lipinski definition) is 0. The molecule has 0 N–H and O–H groups in total. The summed E-state index contributed by atoms with van der Waals surface area (Å²) in [4.78, 5) is 2.21. The number of halogens is 1. The average molecular weight is 324 g/mol. The Morgan fingerprint density at radius 3 is 2.67 bits per heavy atom. The summed E-state index contributed by atoms with van der Waals surface area (Å²) in [6.07, 6.45) is 2.21. The van der Waals surface area contributed by atoms with E-state index in [1.54, 1.807) is 13.2 Å². The highest BCUT2D eigenvalue weighted by atomic mass is 19.1. The van der Waals surface area contributed by atoms with Crippen molar-refractivity contribution < 1.29 is 10.5 Å². The fourth-order valence-corrected chi connectivity index (χ4v) is 3.66. The second-order valence-electron chi connectivity index (χ2n) is 6.87. The first-order valence-corrected chi connectivity index (χ1v) is 8.31. The Morgan fingerprint density at radius 1 is 1.29 bits per heavy atom. The largest absolute Gasteiger partial charge is 0.497 e. The lowest BCUT2D eigenvalue weighted by Gasteiger charge is -2.35. The zero-order chi connectivity index (χ0) is 17.6.